The van der Waals surface area contributed by atoms with Crippen molar-refractivity contribution in [1.82, 2.24) is 4.90 Å². The number of halogens is 1. The zero-order valence-electron chi connectivity index (χ0n) is 10.6. The molecule has 1 aromatic carbocycles. The number of ketones is 1. The Labute approximate surface area is 115 Å². The lowest BCUT2D eigenvalue weighted by atomic mass is 9.89. The van der Waals surface area contributed by atoms with Crippen LogP contribution in [0.1, 0.15) is 37.0 Å². The first kappa shape index (κ1) is 13.3. The van der Waals surface area contributed by atoms with Gasteiger partial charge >= 0.3 is 0 Å². The SMILES string of the molecule is CC1(C)CCC(=O)CN1C(=O)c1cccc(Br)c1. The average Bonchev–Trinajstić information content (AvgIpc) is 2.31. The first-order chi connectivity index (χ1) is 8.40. The molecule has 0 aromatic heterocycles. The molecule has 1 fully saturated rings. The maximum Gasteiger partial charge on any atom is 0.254 e. The summed E-state index contributed by atoms with van der Waals surface area (Å²) >= 11 is 3.36. The molecule has 0 bridgehead atoms. The van der Waals surface area contributed by atoms with Gasteiger partial charge in [0, 0.05) is 22.0 Å². The van der Waals surface area contributed by atoms with Gasteiger partial charge in [-0.05, 0) is 38.5 Å². The first-order valence-electron chi connectivity index (χ1n) is 5.99. The highest BCUT2D eigenvalue weighted by molar-refractivity contribution is 9.10. The van der Waals surface area contributed by atoms with E-state index >= 15 is 0 Å². The third kappa shape index (κ3) is 2.64. The fraction of sp³-hybridized carbons (Fsp3) is 0.429. The summed E-state index contributed by atoms with van der Waals surface area (Å²) in [6.07, 6.45) is 1.29. The molecule has 0 saturated carbocycles. The minimum absolute atomic E-state index is 0.0747. The number of nitrogens with zero attached hydrogens (tertiary/aromatic N) is 1. The maximum absolute atomic E-state index is 12.5. The normalized spacial score (nSPS) is 18.8. The molecular weight excluding hydrogens is 294 g/mol. The molecule has 0 radical (unpaired) electrons. The zero-order chi connectivity index (χ0) is 13.3. The summed E-state index contributed by atoms with van der Waals surface area (Å²) in [4.78, 5) is 25.7. The van der Waals surface area contributed by atoms with Crippen molar-refractivity contribution < 1.29 is 9.59 Å². The average molecular weight is 310 g/mol. The van der Waals surface area contributed by atoms with Crippen LogP contribution in [0.2, 0.25) is 0 Å². The Hall–Kier alpha value is -1.16. The Morgan fingerprint density at radius 1 is 1.39 bits per heavy atom. The fourth-order valence-electron chi connectivity index (χ4n) is 2.17. The molecule has 2 rings (SSSR count). The van der Waals surface area contributed by atoms with Gasteiger partial charge in [-0.2, -0.15) is 0 Å². The number of Topliss-reactive ketones (excluding diaryl/α,β-unsaturated/α-hetero) is 1. The number of hydrogen-bond acceptors (Lipinski definition) is 2. The molecule has 18 heavy (non-hydrogen) atoms. The van der Waals surface area contributed by atoms with E-state index in [1.807, 2.05) is 26.0 Å². The van der Waals surface area contributed by atoms with Gasteiger partial charge in [-0.15, -0.1) is 0 Å². The molecule has 1 heterocycles. The van der Waals surface area contributed by atoms with Gasteiger partial charge in [0.25, 0.3) is 5.91 Å². The van der Waals surface area contributed by atoms with Gasteiger partial charge in [0.2, 0.25) is 0 Å². The second-order valence-electron chi connectivity index (χ2n) is 5.25. The van der Waals surface area contributed by atoms with Gasteiger partial charge in [-0.25, -0.2) is 0 Å². The molecule has 0 aliphatic carbocycles. The molecule has 96 valence electrons. The van der Waals surface area contributed by atoms with E-state index in [1.165, 1.54) is 0 Å². The van der Waals surface area contributed by atoms with Crippen LogP contribution in [0.4, 0.5) is 0 Å². The highest BCUT2D eigenvalue weighted by Crippen LogP contribution is 2.27. The Morgan fingerprint density at radius 2 is 2.11 bits per heavy atom. The highest BCUT2D eigenvalue weighted by Gasteiger charge is 2.36. The number of rotatable bonds is 1. The van der Waals surface area contributed by atoms with Crippen LogP contribution in [0.3, 0.4) is 0 Å². The van der Waals surface area contributed by atoms with Crippen molar-refractivity contribution in [2.45, 2.75) is 32.2 Å². The molecule has 1 aliphatic heterocycles. The third-order valence-electron chi connectivity index (χ3n) is 3.40. The number of carbonyl (C=O) groups excluding carboxylic acids is 2. The third-order valence-corrected chi connectivity index (χ3v) is 3.89. The molecular formula is C14H16BrNO2. The van der Waals surface area contributed by atoms with Crippen molar-refractivity contribution in [3.63, 3.8) is 0 Å². The molecule has 1 aromatic rings. The quantitative estimate of drug-likeness (QED) is 0.799. The lowest BCUT2D eigenvalue weighted by molar-refractivity contribution is -0.124. The van der Waals surface area contributed by atoms with E-state index in [2.05, 4.69) is 15.9 Å². The zero-order valence-corrected chi connectivity index (χ0v) is 12.2. The molecule has 1 amide bonds. The standard InChI is InChI=1S/C14H16BrNO2/c1-14(2)7-6-12(17)9-16(14)13(18)10-4-3-5-11(15)8-10/h3-5,8H,6-7,9H2,1-2H3. The van der Waals surface area contributed by atoms with Gasteiger partial charge in [0.1, 0.15) is 0 Å². The molecule has 1 aliphatic rings. The number of carbonyl (C=O) groups is 2. The van der Waals surface area contributed by atoms with Crippen LogP contribution in [0, 0.1) is 0 Å². The molecule has 4 heteroatoms. The minimum atomic E-state index is -0.257. The largest absolute Gasteiger partial charge is 0.326 e. The number of likely N-dealkylation sites (tertiary alicyclic amines) is 1. The Kier molecular flexibility index (Phi) is 3.57. The van der Waals surface area contributed by atoms with E-state index in [9.17, 15) is 9.59 Å². The number of hydrogen-bond donors (Lipinski definition) is 0. The minimum Gasteiger partial charge on any atom is -0.326 e. The van der Waals surface area contributed by atoms with Gasteiger partial charge in [-0.1, -0.05) is 22.0 Å². The Balaban J connectivity index is 2.29. The summed E-state index contributed by atoms with van der Waals surface area (Å²) in [6.45, 7) is 4.24. The summed E-state index contributed by atoms with van der Waals surface area (Å²) in [6, 6.07) is 7.28. The van der Waals surface area contributed by atoms with E-state index in [0.717, 1.165) is 10.9 Å². The summed E-state index contributed by atoms with van der Waals surface area (Å²) in [5, 5.41) is 0. The van der Waals surface area contributed by atoms with Crippen LogP contribution in [-0.2, 0) is 4.79 Å². The van der Waals surface area contributed by atoms with E-state index in [4.69, 9.17) is 0 Å². The summed E-state index contributed by atoms with van der Waals surface area (Å²) < 4.78 is 0.870. The lowest BCUT2D eigenvalue weighted by Gasteiger charge is -2.41. The van der Waals surface area contributed by atoms with Crippen molar-refractivity contribution in [2.24, 2.45) is 0 Å². The van der Waals surface area contributed by atoms with Crippen LogP contribution in [-0.4, -0.2) is 28.7 Å². The summed E-state index contributed by atoms with van der Waals surface area (Å²) in [5.74, 6) is 0.0621. The van der Waals surface area contributed by atoms with E-state index < -0.39 is 0 Å². The van der Waals surface area contributed by atoms with E-state index in [1.54, 1.807) is 17.0 Å². The van der Waals surface area contributed by atoms with Crippen LogP contribution >= 0.6 is 15.9 Å². The smallest absolute Gasteiger partial charge is 0.254 e. The second-order valence-corrected chi connectivity index (χ2v) is 6.17. The number of amides is 1. The topological polar surface area (TPSA) is 37.4 Å². The maximum atomic E-state index is 12.5. The first-order valence-corrected chi connectivity index (χ1v) is 6.79. The van der Waals surface area contributed by atoms with Crippen molar-refractivity contribution in [2.75, 3.05) is 6.54 Å². The summed E-state index contributed by atoms with van der Waals surface area (Å²) in [7, 11) is 0. The van der Waals surface area contributed by atoms with E-state index in [-0.39, 0.29) is 23.8 Å². The molecule has 0 N–H and O–H groups in total. The van der Waals surface area contributed by atoms with Crippen LogP contribution in [0.5, 0.6) is 0 Å². The fourth-order valence-corrected chi connectivity index (χ4v) is 2.57. The molecule has 0 spiro atoms. The molecule has 0 atom stereocenters. The monoisotopic (exact) mass is 309 g/mol. The van der Waals surface area contributed by atoms with Crippen molar-refractivity contribution in [3.05, 3.63) is 34.3 Å². The van der Waals surface area contributed by atoms with Gasteiger partial charge in [0.15, 0.2) is 5.78 Å². The molecule has 3 nitrogen and oxygen atoms in total. The Bertz CT molecular complexity index is 496. The predicted molar refractivity (Wildman–Crippen MR) is 73.5 cm³/mol. The van der Waals surface area contributed by atoms with Crippen molar-refractivity contribution in [1.29, 1.82) is 0 Å². The van der Waals surface area contributed by atoms with Crippen LogP contribution in [0.15, 0.2) is 28.7 Å². The lowest BCUT2D eigenvalue weighted by Crippen LogP contribution is -2.53. The molecule has 1 saturated heterocycles. The number of piperidine rings is 1. The van der Waals surface area contributed by atoms with Gasteiger partial charge in [-0.3, -0.25) is 9.59 Å². The van der Waals surface area contributed by atoms with Crippen LogP contribution in [0.25, 0.3) is 0 Å². The van der Waals surface area contributed by atoms with Gasteiger partial charge < -0.3 is 4.90 Å². The van der Waals surface area contributed by atoms with Crippen molar-refractivity contribution >= 4 is 27.6 Å². The molecule has 0 unspecified atom stereocenters. The van der Waals surface area contributed by atoms with Gasteiger partial charge in [0.05, 0.1) is 6.54 Å². The summed E-state index contributed by atoms with van der Waals surface area (Å²) in [5.41, 5.74) is 0.361. The number of benzene rings is 1. The highest BCUT2D eigenvalue weighted by atomic mass is 79.9. The Morgan fingerprint density at radius 3 is 2.78 bits per heavy atom. The van der Waals surface area contributed by atoms with E-state index in [0.29, 0.717) is 12.0 Å². The van der Waals surface area contributed by atoms with Crippen LogP contribution < -0.4 is 0 Å². The second kappa shape index (κ2) is 4.84. The van der Waals surface area contributed by atoms with Crippen molar-refractivity contribution in [3.8, 4) is 0 Å². The predicted octanol–water partition coefficient (Wildman–Crippen LogP) is 3.03.